The largest absolute Gasteiger partial charge is 1.00 e. The minimum Gasteiger partial charge on any atom is -1.00 e. The molecular formula is C35H40ClN3O6S. The van der Waals surface area contributed by atoms with Crippen molar-refractivity contribution < 1.29 is 41.0 Å². The zero-order valence-electron chi connectivity index (χ0n) is 26.8. The molecule has 2 aliphatic rings. The lowest BCUT2D eigenvalue weighted by atomic mass is 9.90. The molecule has 0 saturated carbocycles. The second-order valence-corrected chi connectivity index (χ2v) is 10.8. The second kappa shape index (κ2) is 16.2. The molecule has 1 heterocycles. The monoisotopic (exact) mass is 665 g/mol. The van der Waals surface area contributed by atoms with Gasteiger partial charge in [-0.15, -0.1) is 0 Å². The number of aromatic carboxylic acids is 1. The molecule has 9 nitrogen and oxygen atoms in total. The third-order valence-corrected chi connectivity index (χ3v) is 7.85. The van der Waals surface area contributed by atoms with Gasteiger partial charge in [0.1, 0.15) is 37.6 Å². The number of carbonyl (C=O) groups is 2. The summed E-state index contributed by atoms with van der Waals surface area (Å²) in [5.41, 5.74) is 4.28. The number of esters is 1. The molecule has 0 saturated heterocycles. The number of hydrogen-bond donors (Lipinski definition) is 2. The molecular weight excluding hydrogens is 626 g/mol. The van der Waals surface area contributed by atoms with E-state index < -0.39 is 11.9 Å². The Bertz CT molecular complexity index is 1790. The van der Waals surface area contributed by atoms with Gasteiger partial charge >= 0.3 is 11.9 Å². The van der Waals surface area contributed by atoms with Crippen LogP contribution in [-0.2, 0) is 14.3 Å². The predicted molar refractivity (Wildman–Crippen MR) is 183 cm³/mol. The molecule has 244 valence electrons. The molecule has 1 aliphatic heterocycles. The number of thiocarbonyl (C=S) groups is 1. The van der Waals surface area contributed by atoms with Crippen LogP contribution in [0.2, 0.25) is 0 Å². The van der Waals surface area contributed by atoms with Crippen molar-refractivity contribution in [2.24, 2.45) is 0 Å². The van der Waals surface area contributed by atoms with E-state index in [1.54, 1.807) is 25.1 Å². The SMILES string of the molecule is C=C(C)C(=O)OCCOC(=S)Nc1cccc(-c2c3ccc(=[N+](CC)CC)cc-3oc3cc(N(CC)CC)ccc23)c1C(=O)O.[Cl-]. The zero-order chi connectivity index (χ0) is 32.7. The highest BCUT2D eigenvalue weighted by atomic mass is 35.5. The number of ether oxygens (including phenoxy) is 2. The van der Waals surface area contributed by atoms with Crippen molar-refractivity contribution in [2.45, 2.75) is 34.6 Å². The summed E-state index contributed by atoms with van der Waals surface area (Å²) in [5, 5.41) is 15.2. The minimum atomic E-state index is -1.13. The van der Waals surface area contributed by atoms with Gasteiger partial charge in [0.05, 0.1) is 17.3 Å². The van der Waals surface area contributed by atoms with Gasteiger partial charge < -0.3 is 41.6 Å². The summed E-state index contributed by atoms with van der Waals surface area (Å²) in [5.74, 6) is -1.01. The number of nitrogens with zero attached hydrogens (tertiary/aromatic N) is 2. The first kappa shape index (κ1) is 36.1. The standard InChI is InChI=1S/C35H39N3O6S.ClH/c1-7-37(8-2)23-14-16-25-29(20-23)44-30-21-24(38(9-3)10-4)15-17-26(30)31(25)27-12-11-13-28(32(27)33(39)40)36-35(45)43-19-18-42-34(41)22(5)6;/h11-17,20-21H,5,7-10,18-19H2,1-4,6H3,(H-,36,39,40,45);1H. The topological polar surface area (TPSA) is 104 Å². The lowest BCUT2D eigenvalue weighted by molar-refractivity contribution is -0.139. The van der Waals surface area contributed by atoms with Crippen LogP contribution in [0.4, 0.5) is 11.4 Å². The molecule has 0 unspecified atom stereocenters. The highest BCUT2D eigenvalue weighted by Crippen LogP contribution is 2.43. The van der Waals surface area contributed by atoms with Crippen molar-refractivity contribution in [3.63, 3.8) is 0 Å². The number of benzene rings is 3. The lowest BCUT2D eigenvalue weighted by Gasteiger charge is -2.23. The molecule has 0 bridgehead atoms. The number of halogens is 1. The first-order chi connectivity index (χ1) is 21.6. The number of nitrogens with one attached hydrogen (secondary N) is 1. The average molecular weight is 666 g/mol. The highest BCUT2D eigenvalue weighted by Gasteiger charge is 2.25. The molecule has 0 fully saturated rings. The molecule has 11 heteroatoms. The fraction of sp³-hybridized carbons (Fsp3) is 0.314. The van der Waals surface area contributed by atoms with Crippen LogP contribution in [0.3, 0.4) is 0 Å². The number of carboxylic acid groups (broad SMARTS) is 1. The van der Waals surface area contributed by atoms with Crippen LogP contribution in [0.25, 0.3) is 33.4 Å². The van der Waals surface area contributed by atoms with E-state index in [-0.39, 0.29) is 47.6 Å². The molecule has 0 radical (unpaired) electrons. The molecule has 0 atom stereocenters. The summed E-state index contributed by atoms with van der Waals surface area (Å²) >= 11 is 5.34. The number of hydrogen-bond acceptors (Lipinski definition) is 7. The van der Waals surface area contributed by atoms with E-state index >= 15 is 0 Å². The van der Waals surface area contributed by atoms with Gasteiger partial charge in [-0.3, -0.25) is 0 Å². The van der Waals surface area contributed by atoms with Gasteiger partial charge in [0, 0.05) is 53.0 Å². The Hall–Kier alpha value is -4.41. The van der Waals surface area contributed by atoms with Crippen molar-refractivity contribution in [3.05, 3.63) is 77.7 Å². The summed E-state index contributed by atoms with van der Waals surface area (Å²) in [6.07, 6.45) is 0. The molecule has 2 N–H and O–H groups in total. The van der Waals surface area contributed by atoms with Crippen LogP contribution in [0.1, 0.15) is 45.0 Å². The molecule has 0 amide bonds. The molecule has 46 heavy (non-hydrogen) atoms. The van der Waals surface area contributed by atoms with Crippen molar-refractivity contribution in [3.8, 4) is 22.5 Å². The van der Waals surface area contributed by atoms with E-state index in [9.17, 15) is 14.7 Å². The average Bonchev–Trinajstić information content (AvgIpc) is 3.02. The van der Waals surface area contributed by atoms with Gasteiger partial charge in [-0.1, -0.05) is 18.7 Å². The fourth-order valence-corrected chi connectivity index (χ4v) is 5.56. The van der Waals surface area contributed by atoms with Gasteiger partial charge in [-0.2, -0.15) is 0 Å². The molecule has 0 spiro atoms. The first-order valence-electron chi connectivity index (χ1n) is 15.1. The Morgan fingerprint density at radius 2 is 1.67 bits per heavy atom. The Morgan fingerprint density at radius 3 is 2.30 bits per heavy atom. The predicted octanol–water partition coefficient (Wildman–Crippen LogP) is 3.40. The van der Waals surface area contributed by atoms with Crippen molar-refractivity contribution >= 4 is 51.7 Å². The van der Waals surface area contributed by atoms with Crippen LogP contribution in [0.5, 0.6) is 0 Å². The van der Waals surface area contributed by atoms with Crippen molar-refractivity contribution in [1.82, 2.24) is 4.58 Å². The van der Waals surface area contributed by atoms with E-state index in [1.807, 2.05) is 36.4 Å². The summed E-state index contributed by atoms with van der Waals surface area (Å²) in [6, 6.07) is 17.3. The maximum Gasteiger partial charge on any atom is 0.338 e. The van der Waals surface area contributed by atoms with Gasteiger partial charge in [0.15, 0.2) is 0 Å². The Balaban J connectivity index is 0.00000576. The highest BCUT2D eigenvalue weighted by molar-refractivity contribution is 7.80. The summed E-state index contributed by atoms with van der Waals surface area (Å²) in [6.45, 7) is 16.8. The summed E-state index contributed by atoms with van der Waals surface area (Å²) in [7, 11) is 0. The Labute approximate surface area is 280 Å². The van der Waals surface area contributed by atoms with Gasteiger partial charge in [-0.25, -0.2) is 14.2 Å². The molecule has 1 aliphatic carbocycles. The van der Waals surface area contributed by atoms with Crippen LogP contribution >= 0.6 is 12.2 Å². The number of fused-ring (bicyclic) bond motifs is 2. The van der Waals surface area contributed by atoms with Crippen molar-refractivity contribution in [2.75, 3.05) is 49.6 Å². The normalized spacial score (nSPS) is 10.6. The Kier molecular flexibility index (Phi) is 12.7. The second-order valence-electron chi connectivity index (χ2n) is 10.4. The van der Waals surface area contributed by atoms with Crippen LogP contribution in [-0.4, -0.2) is 61.6 Å². The maximum absolute atomic E-state index is 12.9. The molecule has 2 aromatic rings. The zero-order valence-corrected chi connectivity index (χ0v) is 28.4. The number of rotatable bonds is 12. The van der Waals surface area contributed by atoms with Crippen LogP contribution in [0.15, 0.2) is 71.2 Å². The number of carbonyl (C=O) groups excluding carboxylic acids is 1. The maximum atomic E-state index is 12.9. The molecule has 0 aromatic heterocycles. The third kappa shape index (κ3) is 7.86. The van der Waals surface area contributed by atoms with Gasteiger partial charge in [0.2, 0.25) is 5.36 Å². The first-order valence-corrected chi connectivity index (χ1v) is 15.5. The van der Waals surface area contributed by atoms with E-state index in [0.717, 1.165) is 53.7 Å². The van der Waals surface area contributed by atoms with E-state index in [2.05, 4.69) is 49.1 Å². The lowest BCUT2D eigenvalue weighted by Crippen LogP contribution is -3.00. The number of anilines is 2. The minimum absolute atomic E-state index is 0. The van der Waals surface area contributed by atoms with E-state index in [4.69, 9.17) is 26.1 Å². The molecule has 2 aromatic carbocycles. The smallest absolute Gasteiger partial charge is 0.338 e. The molecule has 4 rings (SSSR count). The van der Waals surface area contributed by atoms with Crippen LogP contribution < -0.4 is 32.6 Å². The Morgan fingerprint density at radius 1 is 0.978 bits per heavy atom. The fourth-order valence-electron chi connectivity index (χ4n) is 5.36. The van der Waals surface area contributed by atoms with Crippen LogP contribution in [0, 0.1) is 0 Å². The van der Waals surface area contributed by atoms with Gasteiger partial charge in [0.25, 0.3) is 5.17 Å². The summed E-state index contributed by atoms with van der Waals surface area (Å²) < 4.78 is 19.3. The van der Waals surface area contributed by atoms with E-state index in [0.29, 0.717) is 16.9 Å². The van der Waals surface area contributed by atoms with Gasteiger partial charge in [-0.05, 0) is 76.7 Å². The quantitative estimate of drug-likeness (QED) is 0.0589. The van der Waals surface area contributed by atoms with E-state index in [1.165, 1.54) is 0 Å². The summed E-state index contributed by atoms with van der Waals surface area (Å²) in [4.78, 5) is 26.7. The van der Waals surface area contributed by atoms with Crippen molar-refractivity contribution in [1.29, 1.82) is 0 Å². The number of carboxylic acids is 1. The third-order valence-electron chi connectivity index (χ3n) is 7.63.